The van der Waals surface area contributed by atoms with E-state index in [9.17, 15) is 0 Å². The summed E-state index contributed by atoms with van der Waals surface area (Å²) in [6, 6.07) is 73.7. The van der Waals surface area contributed by atoms with E-state index in [4.69, 9.17) is 0 Å². The molecule has 0 atom stereocenters. The van der Waals surface area contributed by atoms with E-state index in [1.54, 1.807) is 0 Å². The van der Waals surface area contributed by atoms with Crippen LogP contribution in [0.1, 0.15) is 47.2 Å². The Morgan fingerprint density at radius 2 is 0.870 bits per heavy atom. The molecular weight excluding hydrogens is 671 g/mol. The molecule has 2 aliphatic rings. The SMILES string of the molecule is CC1(C)c2ccccc2Sc2cccc(N(c3ccccc3)c3ccc(-c4ccc(C5(c6ccccc6)c6ccccc6-c6ccccc65)cc4)cc3)c21. The van der Waals surface area contributed by atoms with Gasteiger partial charge in [-0.15, -0.1) is 0 Å². The molecule has 0 saturated carbocycles. The van der Waals surface area contributed by atoms with Crippen molar-refractivity contribution in [2.75, 3.05) is 4.90 Å². The quantitative estimate of drug-likeness (QED) is 0.169. The summed E-state index contributed by atoms with van der Waals surface area (Å²) >= 11 is 1.88. The van der Waals surface area contributed by atoms with Gasteiger partial charge in [-0.3, -0.25) is 0 Å². The van der Waals surface area contributed by atoms with Crippen LogP contribution < -0.4 is 4.90 Å². The van der Waals surface area contributed by atoms with Crippen LogP contribution in [0.4, 0.5) is 17.1 Å². The zero-order chi connectivity index (χ0) is 36.3. The van der Waals surface area contributed by atoms with Crippen LogP contribution in [0.3, 0.4) is 0 Å². The van der Waals surface area contributed by atoms with E-state index in [1.807, 2.05) is 11.8 Å². The normalized spacial score (nSPS) is 14.3. The van der Waals surface area contributed by atoms with Gasteiger partial charge in [0.1, 0.15) is 0 Å². The summed E-state index contributed by atoms with van der Waals surface area (Å²) in [4.78, 5) is 5.08. The van der Waals surface area contributed by atoms with Gasteiger partial charge in [0.15, 0.2) is 0 Å². The van der Waals surface area contributed by atoms with Gasteiger partial charge < -0.3 is 4.90 Å². The van der Waals surface area contributed by atoms with Crippen LogP contribution in [-0.4, -0.2) is 0 Å². The molecule has 54 heavy (non-hydrogen) atoms. The van der Waals surface area contributed by atoms with Crippen LogP contribution in [0.15, 0.2) is 210 Å². The van der Waals surface area contributed by atoms with Crippen molar-refractivity contribution < 1.29 is 0 Å². The van der Waals surface area contributed by atoms with E-state index in [1.165, 1.54) is 71.1 Å². The molecule has 0 saturated heterocycles. The number of hydrogen-bond acceptors (Lipinski definition) is 2. The molecule has 0 radical (unpaired) electrons. The minimum absolute atomic E-state index is 0.167. The number of benzene rings is 8. The van der Waals surface area contributed by atoms with Gasteiger partial charge in [-0.1, -0.05) is 183 Å². The fourth-order valence-corrected chi connectivity index (χ4v) is 10.6. The van der Waals surface area contributed by atoms with Crippen LogP contribution in [0.5, 0.6) is 0 Å². The molecule has 0 N–H and O–H groups in total. The molecule has 0 amide bonds. The van der Waals surface area contributed by atoms with Gasteiger partial charge in [0.05, 0.1) is 11.1 Å². The van der Waals surface area contributed by atoms with E-state index in [0.29, 0.717) is 0 Å². The smallest absolute Gasteiger partial charge is 0.0713 e. The number of nitrogens with zero attached hydrogens (tertiary/aromatic N) is 1. The summed E-state index contributed by atoms with van der Waals surface area (Å²) in [5.41, 5.74) is 15.9. The Bertz CT molecular complexity index is 2600. The Morgan fingerprint density at radius 3 is 1.52 bits per heavy atom. The van der Waals surface area contributed by atoms with E-state index in [-0.39, 0.29) is 5.41 Å². The maximum atomic E-state index is 2.43. The van der Waals surface area contributed by atoms with Gasteiger partial charge in [0.25, 0.3) is 0 Å². The number of para-hydroxylation sites is 1. The molecule has 0 unspecified atom stereocenters. The second-order valence-electron chi connectivity index (χ2n) is 14.9. The fourth-order valence-electron chi connectivity index (χ4n) is 9.18. The maximum Gasteiger partial charge on any atom is 0.0713 e. The molecule has 1 aliphatic carbocycles. The number of hydrogen-bond donors (Lipinski definition) is 0. The van der Waals surface area contributed by atoms with Gasteiger partial charge in [-0.2, -0.15) is 0 Å². The number of rotatable bonds is 6. The number of fused-ring (bicyclic) bond motifs is 5. The maximum absolute atomic E-state index is 2.43. The lowest BCUT2D eigenvalue weighted by atomic mass is 9.67. The van der Waals surface area contributed by atoms with Crippen molar-refractivity contribution in [3.63, 3.8) is 0 Å². The highest BCUT2D eigenvalue weighted by Crippen LogP contribution is 2.57. The minimum Gasteiger partial charge on any atom is -0.310 e. The Hall–Kier alpha value is -6.09. The summed E-state index contributed by atoms with van der Waals surface area (Å²) in [7, 11) is 0. The molecule has 0 spiro atoms. The zero-order valence-corrected chi connectivity index (χ0v) is 31.2. The summed E-state index contributed by atoms with van der Waals surface area (Å²) in [5.74, 6) is 0. The second-order valence-corrected chi connectivity index (χ2v) is 16.0. The molecule has 10 rings (SSSR count). The van der Waals surface area contributed by atoms with Crippen LogP contribution >= 0.6 is 11.8 Å². The second kappa shape index (κ2) is 12.8. The molecule has 1 aliphatic heterocycles. The predicted molar refractivity (Wildman–Crippen MR) is 227 cm³/mol. The highest BCUT2D eigenvalue weighted by atomic mass is 32.2. The van der Waals surface area contributed by atoms with Gasteiger partial charge in [0, 0.05) is 32.1 Å². The highest BCUT2D eigenvalue weighted by Gasteiger charge is 2.45. The van der Waals surface area contributed by atoms with Gasteiger partial charge in [0.2, 0.25) is 0 Å². The molecule has 258 valence electrons. The molecule has 8 aromatic carbocycles. The molecule has 0 fully saturated rings. The average molecular weight is 710 g/mol. The Balaban J connectivity index is 1.06. The Morgan fingerprint density at radius 1 is 0.389 bits per heavy atom. The third kappa shape index (κ3) is 4.94. The molecular formula is C52H39NS. The van der Waals surface area contributed by atoms with Crippen LogP contribution in [-0.2, 0) is 10.8 Å². The highest BCUT2D eigenvalue weighted by molar-refractivity contribution is 7.99. The minimum atomic E-state index is -0.394. The summed E-state index contributed by atoms with van der Waals surface area (Å²) in [6.45, 7) is 4.74. The van der Waals surface area contributed by atoms with Crippen molar-refractivity contribution in [3.8, 4) is 22.3 Å². The molecule has 8 aromatic rings. The summed E-state index contributed by atoms with van der Waals surface area (Å²) in [6.07, 6.45) is 0. The largest absolute Gasteiger partial charge is 0.310 e. The Kier molecular flexibility index (Phi) is 7.71. The van der Waals surface area contributed by atoms with E-state index in [2.05, 4.69) is 219 Å². The Labute approximate surface area is 322 Å². The first-order chi connectivity index (χ1) is 26.5. The fraction of sp³-hybridized carbons (Fsp3) is 0.0769. The lowest BCUT2D eigenvalue weighted by Gasteiger charge is -2.39. The lowest BCUT2D eigenvalue weighted by molar-refractivity contribution is 0.608. The zero-order valence-electron chi connectivity index (χ0n) is 30.4. The molecule has 0 aromatic heterocycles. The van der Waals surface area contributed by atoms with Crippen molar-refractivity contribution in [2.24, 2.45) is 0 Å². The van der Waals surface area contributed by atoms with Crippen molar-refractivity contribution in [1.29, 1.82) is 0 Å². The van der Waals surface area contributed by atoms with Crippen molar-refractivity contribution >= 4 is 28.8 Å². The average Bonchev–Trinajstić information content (AvgIpc) is 3.53. The van der Waals surface area contributed by atoms with Crippen molar-refractivity contribution in [3.05, 3.63) is 234 Å². The van der Waals surface area contributed by atoms with E-state index in [0.717, 1.165) is 11.4 Å². The molecule has 0 bridgehead atoms. The standard InChI is InChI=1S/C52H39NS/c1-51(2)46-24-13-14-26-48(46)54-49-27-15-25-47(50(49)51)53(40-18-7-4-8-19-40)41-34-30-37(31-35-41)36-28-32-39(33-29-36)52(38-16-5-3-6-17-38)44-22-11-9-20-42(44)43-21-10-12-23-45(43)52/h3-35H,1-2H3. The monoisotopic (exact) mass is 709 g/mol. The predicted octanol–water partition coefficient (Wildman–Crippen LogP) is 14.0. The first kappa shape index (κ1) is 32.6. The van der Waals surface area contributed by atoms with Gasteiger partial charge >= 0.3 is 0 Å². The topological polar surface area (TPSA) is 3.24 Å². The van der Waals surface area contributed by atoms with Crippen molar-refractivity contribution in [2.45, 2.75) is 34.5 Å². The summed E-state index contributed by atoms with van der Waals surface area (Å²) < 4.78 is 0. The van der Waals surface area contributed by atoms with Crippen LogP contribution in [0.2, 0.25) is 0 Å². The summed E-state index contributed by atoms with van der Waals surface area (Å²) in [5, 5.41) is 0. The van der Waals surface area contributed by atoms with Crippen LogP contribution in [0.25, 0.3) is 22.3 Å². The first-order valence-electron chi connectivity index (χ1n) is 18.8. The third-order valence-corrected chi connectivity index (χ3v) is 12.7. The molecule has 1 nitrogen and oxygen atoms in total. The lowest BCUT2D eigenvalue weighted by Crippen LogP contribution is -2.28. The van der Waals surface area contributed by atoms with E-state index < -0.39 is 5.41 Å². The molecule has 2 heteroatoms. The van der Waals surface area contributed by atoms with Crippen LogP contribution in [0, 0.1) is 0 Å². The van der Waals surface area contributed by atoms with Crippen molar-refractivity contribution in [1.82, 2.24) is 0 Å². The van der Waals surface area contributed by atoms with Gasteiger partial charge in [-0.25, -0.2) is 0 Å². The third-order valence-electron chi connectivity index (χ3n) is 11.6. The first-order valence-corrected chi connectivity index (χ1v) is 19.6. The number of anilines is 3. The van der Waals surface area contributed by atoms with E-state index >= 15 is 0 Å². The molecule has 1 heterocycles. The van der Waals surface area contributed by atoms with Gasteiger partial charge in [-0.05, 0) is 92.5 Å².